The molecule has 6 nitrogen and oxygen atoms in total. The fourth-order valence-corrected chi connectivity index (χ4v) is 3.65. The van der Waals surface area contributed by atoms with Crippen molar-refractivity contribution in [3.63, 3.8) is 0 Å². The Morgan fingerprint density at radius 1 is 1.04 bits per heavy atom. The van der Waals surface area contributed by atoms with Gasteiger partial charge in [0, 0.05) is 43.9 Å². The van der Waals surface area contributed by atoms with Crippen LogP contribution in [-0.4, -0.2) is 53.6 Å². The van der Waals surface area contributed by atoms with Crippen LogP contribution < -0.4 is 0 Å². The summed E-state index contributed by atoms with van der Waals surface area (Å²) in [5, 5.41) is 0. The van der Waals surface area contributed by atoms with Gasteiger partial charge < -0.3 is 14.2 Å². The average Bonchev–Trinajstić information content (AvgIpc) is 3.30. The molecule has 132 valence electrons. The van der Waals surface area contributed by atoms with Crippen LogP contribution in [0.2, 0.25) is 0 Å². The number of amides is 2. The van der Waals surface area contributed by atoms with Crippen molar-refractivity contribution in [1.29, 1.82) is 0 Å². The van der Waals surface area contributed by atoms with Gasteiger partial charge in [-0.05, 0) is 25.1 Å². The van der Waals surface area contributed by atoms with Crippen LogP contribution in [-0.2, 0) is 4.79 Å². The van der Waals surface area contributed by atoms with E-state index in [9.17, 15) is 14.4 Å². The van der Waals surface area contributed by atoms with Crippen molar-refractivity contribution in [2.75, 3.05) is 26.2 Å². The van der Waals surface area contributed by atoms with Crippen molar-refractivity contribution in [3.05, 3.63) is 46.0 Å². The van der Waals surface area contributed by atoms with Crippen LogP contribution in [0.25, 0.3) is 0 Å². The second kappa shape index (κ2) is 7.65. The Bertz CT molecular complexity index is 758. The molecule has 0 spiro atoms. The van der Waals surface area contributed by atoms with E-state index in [0.29, 0.717) is 36.6 Å². The summed E-state index contributed by atoms with van der Waals surface area (Å²) in [6, 6.07) is 5.36. The number of rotatable bonds is 5. The van der Waals surface area contributed by atoms with Gasteiger partial charge in [0.15, 0.2) is 5.78 Å². The zero-order valence-electron chi connectivity index (χ0n) is 14.1. The van der Waals surface area contributed by atoms with Crippen LogP contribution in [0.1, 0.15) is 37.7 Å². The number of hydrogen-bond acceptors (Lipinski definition) is 5. The van der Waals surface area contributed by atoms with E-state index < -0.39 is 0 Å². The van der Waals surface area contributed by atoms with E-state index in [-0.39, 0.29) is 30.4 Å². The van der Waals surface area contributed by atoms with Crippen molar-refractivity contribution >= 4 is 28.9 Å². The number of piperazine rings is 1. The van der Waals surface area contributed by atoms with Crippen LogP contribution in [0.3, 0.4) is 0 Å². The maximum Gasteiger partial charge on any atom is 0.257 e. The van der Waals surface area contributed by atoms with E-state index in [1.54, 1.807) is 15.9 Å². The fourth-order valence-electron chi connectivity index (χ4n) is 2.81. The first-order valence-corrected chi connectivity index (χ1v) is 9.05. The van der Waals surface area contributed by atoms with Crippen molar-refractivity contribution in [2.45, 2.75) is 19.8 Å². The minimum absolute atomic E-state index is 0.0141. The standard InChI is InChI=1S/C18H20N2O4S/c1-13-2-4-16(25-13)15(21)3-5-17(22)19-7-9-20(10-8-19)18(23)14-6-11-24-12-14/h2,4,6,11-12H,3,5,7-10H2,1H3. The Labute approximate surface area is 150 Å². The monoisotopic (exact) mass is 360 g/mol. The van der Waals surface area contributed by atoms with E-state index in [4.69, 9.17) is 4.42 Å². The van der Waals surface area contributed by atoms with E-state index >= 15 is 0 Å². The van der Waals surface area contributed by atoms with Gasteiger partial charge in [-0.15, -0.1) is 11.3 Å². The van der Waals surface area contributed by atoms with Gasteiger partial charge in [0.1, 0.15) is 6.26 Å². The zero-order chi connectivity index (χ0) is 17.8. The molecule has 2 aromatic heterocycles. The Kier molecular flexibility index (Phi) is 5.33. The lowest BCUT2D eigenvalue weighted by atomic mass is 10.1. The number of carbonyl (C=O) groups excluding carboxylic acids is 3. The minimum atomic E-state index is -0.0795. The normalized spacial score (nSPS) is 14.6. The summed E-state index contributed by atoms with van der Waals surface area (Å²) in [5.74, 6) is -0.0960. The summed E-state index contributed by atoms with van der Waals surface area (Å²) in [5.41, 5.74) is 0.525. The molecule has 3 rings (SSSR count). The van der Waals surface area contributed by atoms with E-state index in [2.05, 4.69) is 0 Å². The van der Waals surface area contributed by atoms with Crippen LogP contribution in [0.5, 0.6) is 0 Å². The third-order valence-electron chi connectivity index (χ3n) is 4.27. The lowest BCUT2D eigenvalue weighted by Gasteiger charge is -2.34. The highest BCUT2D eigenvalue weighted by Crippen LogP contribution is 2.18. The van der Waals surface area contributed by atoms with Crippen LogP contribution >= 0.6 is 11.3 Å². The SMILES string of the molecule is Cc1ccc(C(=O)CCC(=O)N2CCN(C(=O)c3ccoc3)CC2)s1. The molecule has 0 aromatic carbocycles. The molecule has 2 aromatic rings. The summed E-state index contributed by atoms with van der Waals surface area (Å²) in [6.45, 7) is 3.93. The Morgan fingerprint density at radius 3 is 2.36 bits per heavy atom. The van der Waals surface area contributed by atoms with Gasteiger partial charge in [0.2, 0.25) is 5.91 Å². The molecular formula is C18H20N2O4S. The summed E-state index contributed by atoms with van der Waals surface area (Å²) < 4.78 is 4.93. The first kappa shape index (κ1) is 17.4. The first-order valence-electron chi connectivity index (χ1n) is 8.23. The summed E-state index contributed by atoms with van der Waals surface area (Å²) in [4.78, 5) is 41.9. The predicted octanol–water partition coefficient (Wildman–Crippen LogP) is 2.60. The number of carbonyl (C=O) groups is 3. The maximum atomic E-state index is 12.3. The molecule has 25 heavy (non-hydrogen) atoms. The second-order valence-corrected chi connectivity index (χ2v) is 7.31. The van der Waals surface area contributed by atoms with Gasteiger partial charge in [-0.3, -0.25) is 14.4 Å². The lowest BCUT2D eigenvalue weighted by Crippen LogP contribution is -2.50. The molecule has 0 atom stereocenters. The molecule has 1 aliphatic rings. The molecule has 0 bridgehead atoms. The molecule has 0 aliphatic carbocycles. The molecule has 0 unspecified atom stereocenters. The number of ketones is 1. The zero-order valence-corrected chi connectivity index (χ0v) is 14.9. The van der Waals surface area contributed by atoms with Gasteiger partial charge in [-0.25, -0.2) is 0 Å². The highest BCUT2D eigenvalue weighted by molar-refractivity contribution is 7.14. The average molecular weight is 360 g/mol. The first-order chi connectivity index (χ1) is 12.0. The van der Waals surface area contributed by atoms with E-state index in [1.807, 2.05) is 19.1 Å². The van der Waals surface area contributed by atoms with E-state index in [0.717, 1.165) is 4.88 Å². The third kappa shape index (κ3) is 4.17. The predicted molar refractivity (Wildman–Crippen MR) is 93.8 cm³/mol. The van der Waals surface area contributed by atoms with Gasteiger partial charge in [0.05, 0.1) is 16.7 Å². The highest BCUT2D eigenvalue weighted by atomic mass is 32.1. The highest BCUT2D eigenvalue weighted by Gasteiger charge is 2.25. The maximum absolute atomic E-state index is 12.3. The number of aryl methyl sites for hydroxylation is 1. The van der Waals surface area contributed by atoms with Crippen LogP contribution in [0.15, 0.2) is 35.1 Å². The molecule has 3 heterocycles. The van der Waals surface area contributed by atoms with E-state index in [1.165, 1.54) is 23.9 Å². The molecule has 1 fully saturated rings. The molecule has 0 saturated carbocycles. The van der Waals surface area contributed by atoms with Crippen molar-refractivity contribution < 1.29 is 18.8 Å². The molecule has 0 radical (unpaired) electrons. The topological polar surface area (TPSA) is 70.8 Å². The van der Waals surface area contributed by atoms with Gasteiger partial charge >= 0.3 is 0 Å². The van der Waals surface area contributed by atoms with Crippen molar-refractivity contribution in [1.82, 2.24) is 9.80 Å². The molecule has 7 heteroatoms. The smallest absolute Gasteiger partial charge is 0.257 e. The number of nitrogens with zero attached hydrogens (tertiary/aromatic N) is 2. The van der Waals surface area contributed by atoms with Gasteiger partial charge in [0.25, 0.3) is 5.91 Å². The molecule has 1 saturated heterocycles. The molecular weight excluding hydrogens is 340 g/mol. The third-order valence-corrected chi connectivity index (χ3v) is 5.31. The second-order valence-electron chi connectivity index (χ2n) is 6.02. The van der Waals surface area contributed by atoms with Gasteiger partial charge in [-0.2, -0.15) is 0 Å². The Morgan fingerprint density at radius 2 is 1.76 bits per heavy atom. The molecule has 0 N–H and O–H groups in total. The summed E-state index contributed by atoms with van der Waals surface area (Å²) >= 11 is 1.46. The fraction of sp³-hybridized carbons (Fsp3) is 0.389. The minimum Gasteiger partial charge on any atom is -0.472 e. The number of Topliss-reactive ketones (excluding diaryl/α,β-unsaturated/α-hetero) is 1. The van der Waals surface area contributed by atoms with Crippen LogP contribution in [0, 0.1) is 6.92 Å². The van der Waals surface area contributed by atoms with Gasteiger partial charge in [-0.1, -0.05) is 0 Å². The number of hydrogen-bond donors (Lipinski definition) is 0. The largest absolute Gasteiger partial charge is 0.472 e. The summed E-state index contributed by atoms with van der Waals surface area (Å²) in [7, 11) is 0. The molecule has 1 aliphatic heterocycles. The van der Waals surface area contributed by atoms with Crippen molar-refractivity contribution in [2.24, 2.45) is 0 Å². The quantitative estimate of drug-likeness (QED) is 0.769. The lowest BCUT2D eigenvalue weighted by molar-refractivity contribution is -0.132. The van der Waals surface area contributed by atoms with Crippen LogP contribution in [0.4, 0.5) is 0 Å². The number of furan rings is 1. The summed E-state index contributed by atoms with van der Waals surface area (Å²) in [6.07, 6.45) is 3.34. The van der Waals surface area contributed by atoms with Crippen molar-refractivity contribution in [3.8, 4) is 0 Å². The molecule has 2 amide bonds. The Hall–Kier alpha value is -2.41. The number of thiophene rings is 1. The Balaban J connectivity index is 1.45.